The molecule has 0 saturated carbocycles. The second-order valence-electron chi connectivity index (χ2n) is 10.3. The predicted molar refractivity (Wildman–Crippen MR) is 164 cm³/mol. The average molecular weight is 585 g/mol. The molecule has 0 aliphatic heterocycles. The quantitative estimate of drug-likeness (QED) is 0.114. The highest BCUT2D eigenvalue weighted by Crippen LogP contribution is 2.28. The lowest BCUT2D eigenvalue weighted by atomic mass is 9.86. The molecule has 0 N–H and O–H groups in total. The van der Waals surface area contributed by atoms with E-state index in [0.29, 0.717) is 27.5 Å². The van der Waals surface area contributed by atoms with Crippen LogP contribution in [-0.4, -0.2) is 35.0 Å². The van der Waals surface area contributed by atoms with Crippen LogP contribution >= 0.6 is 11.6 Å². The summed E-state index contributed by atoms with van der Waals surface area (Å²) in [6, 6.07) is 22.9. The molecule has 0 heterocycles. The lowest BCUT2D eigenvalue weighted by molar-refractivity contribution is -0.163. The second-order valence-corrected chi connectivity index (χ2v) is 10.7. The maximum absolute atomic E-state index is 12.4. The largest absolute Gasteiger partial charge is 0.476 e. The van der Waals surface area contributed by atoms with Crippen LogP contribution in [0.1, 0.15) is 55.1 Å². The molecule has 1 atom stereocenters. The van der Waals surface area contributed by atoms with Gasteiger partial charge >= 0.3 is 5.97 Å². The van der Waals surface area contributed by atoms with E-state index >= 15 is 0 Å². The van der Waals surface area contributed by atoms with Crippen molar-refractivity contribution in [3.8, 4) is 5.75 Å². The van der Waals surface area contributed by atoms with Crippen LogP contribution in [0.5, 0.6) is 5.75 Å². The first-order chi connectivity index (χ1) is 19.9. The second kappa shape index (κ2) is 14.4. The van der Waals surface area contributed by atoms with Crippen LogP contribution in [-0.2, 0) is 19.1 Å². The molecule has 7 heteroatoms. The molecule has 1 unspecified atom stereocenters. The first-order valence-corrected chi connectivity index (χ1v) is 13.7. The number of carbonyl (C=O) groups is 4. The molecule has 0 saturated heterocycles. The molecule has 1 aliphatic rings. The Morgan fingerprint density at radius 2 is 1.43 bits per heavy atom. The fourth-order valence-corrected chi connectivity index (χ4v) is 4.13. The van der Waals surface area contributed by atoms with Gasteiger partial charge in [-0.3, -0.25) is 14.4 Å². The average Bonchev–Trinajstić information content (AvgIpc) is 2.96. The molecule has 3 aromatic carbocycles. The highest BCUT2D eigenvalue weighted by atomic mass is 35.5. The summed E-state index contributed by atoms with van der Waals surface area (Å²) in [5.74, 6) is -0.567. The SMILES string of the molecule is C=CC(C1=CC(=O)C=CC1=O)c1ccccc1.CC(C)OC(=O)C(C)(C)Oc1ccc(C(=O)c2ccc(Cl)cc2)cc1. The third-order valence-corrected chi connectivity index (χ3v) is 6.39. The lowest BCUT2D eigenvalue weighted by Gasteiger charge is -2.25. The Morgan fingerprint density at radius 1 is 0.857 bits per heavy atom. The monoisotopic (exact) mass is 584 g/mol. The minimum absolute atomic E-state index is 0.110. The number of ether oxygens (including phenoxy) is 2. The van der Waals surface area contributed by atoms with Crippen molar-refractivity contribution in [2.75, 3.05) is 0 Å². The number of hydrogen-bond donors (Lipinski definition) is 0. The number of carbonyl (C=O) groups excluding carboxylic acids is 4. The van der Waals surface area contributed by atoms with Gasteiger partial charge in [-0.15, -0.1) is 6.58 Å². The Kier molecular flexibility index (Phi) is 10.9. The Labute approximate surface area is 251 Å². The summed E-state index contributed by atoms with van der Waals surface area (Å²) in [5.41, 5.74) is 1.41. The molecule has 216 valence electrons. The van der Waals surface area contributed by atoms with Crippen LogP contribution < -0.4 is 4.74 Å². The van der Waals surface area contributed by atoms with Crippen molar-refractivity contribution in [3.05, 3.63) is 137 Å². The van der Waals surface area contributed by atoms with Gasteiger partial charge in [0.25, 0.3) is 0 Å². The van der Waals surface area contributed by atoms with E-state index in [-0.39, 0.29) is 29.4 Å². The van der Waals surface area contributed by atoms with E-state index in [9.17, 15) is 19.2 Å². The van der Waals surface area contributed by atoms with E-state index in [1.54, 1.807) is 82.3 Å². The molecular formula is C35H33ClO6. The smallest absolute Gasteiger partial charge is 0.350 e. The summed E-state index contributed by atoms with van der Waals surface area (Å²) in [7, 11) is 0. The molecule has 4 rings (SSSR count). The molecule has 3 aromatic rings. The maximum Gasteiger partial charge on any atom is 0.350 e. The van der Waals surface area contributed by atoms with Gasteiger partial charge in [-0.05, 0) is 100 Å². The zero-order chi connectivity index (χ0) is 30.9. The number of halogens is 1. The molecular weight excluding hydrogens is 552 g/mol. The van der Waals surface area contributed by atoms with Crippen molar-refractivity contribution in [3.63, 3.8) is 0 Å². The van der Waals surface area contributed by atoms with Gasteiger partial charge < -0.3 is 9.47 Å². The van der Waals surface area contributed by atoms with Crippen molar-refractivity contribution >= 4 is 34.9 Å². The summed E-state index contributed by atoms with van der Waals surface area (Å²) < 4.78 is 10.9. The van der Waals surface area contributed by atoms with E-state index < -0.39 is 11.6 Å². The van der Waals surface area contributed by atoms with Crippen molar-refractivity contribution in [1.82, 2.24) is 0 Å². The van der Waals surface area contributed by atoms with Crippen molar-refractivity contribution < 1.29 is 28.7 Å². The number of allylic oxidation sites excluding steroid dienone is 5. The van der Waals surface area contributed by atoms with Crippen molar-refractivity contribution in [1.29, 1.82) is 0 Å². The van der Waals surface area contributed by atoms with Crippen LogP contribution in [0.2, 0.25) is 5.02 Å². The van der Waals surface area contributed by atoms with Crippen LogP contribution in [0.15, 0.2) is 115 Å². The van der Waals surface area contributed by atoms with Crippen molar-refractivity contribution in [2.24, 2.45) is 0 Å². The lowest BCUT2D eigenvalue weighted by Crippen LogP contribution is -2.40. The molecule has 6 nitrogen and oxygen atoms in total. The molecule has 0 fully saturated rings. The highest BCUT2D eigenvalue weighted by Gasteiger charge is 2.32. The number of rotatable bonds is 9. The van der Waals surface area contributed by atoms with Crippen molar-refractivity contribution in [2.45, 2.75) is 45.3 Å². The van der Waals surface area contributed by atoms with E-state index in [0.717, 1.165) is 5.56 Å². The third kappa shape index (κ3) is 8.72. The predicted octanol–water partition coefficient (Wildman–Crippen LogP) is 7.27. The van der Waals surface area contributed by atoms with Crippen LogP contribution in [0, 0.1) is 0 Å². The Bertz CT molecular complexity index is 1500. The van der Waals surface area contributed by atoms with Gasteiger partial charge in [0.05, 0.1) is 6.10 Å². The van der Waals surface area contributed by atoms with Crippen LogP contribution in [0.25, 0.3) is 0 Å². The van der Waals surface area contributed by atoms with Gasteiger partial charge in [0, 0.05) is 27.6 Å². The van der Waals surface area contributed by atoms with Gasteiger partial charge in [0.2, 0.25) is 0 Å². The standard InChI is InChI=1S/C20H21ClO4.C15H12O2/c1-13(2)24-19(23)20(3,4)25-17-11-7-15(8-12-17)18(22)14-5-9-16(21)10-6-14;1-2-13(11-6-4-3-5-7-11)14-10-12(16)8-9-15(14)17/h5-13H,1-4H3;2-10,13H,1H2. The summed E-state index contributed by atoms with van der Waals surface area (Å²) in [6.07, 6.45) is 5.47. The number of hydrogen-bond acceptors (Lipinski definition) is 6. The Balaban J connectivity index is 0.000000247. The molecule has 1 aliphatic carbocycles. The van der Waals surface area contributed by atoms with Gasteiger partial charge in [0.1, 0.15) is 5.75 Å². The van der Waals surface area contributed by atoms with Gasteiger partial charge in [-0.1, -0.05) is 48.0 Å². The van der Waals surface area contributed by atoms with E-state index in [1.807, 2.05) is 30.3 Å². The maximum atomic E-state index is 12.4. The zero-order valence-corrected chi connectivity index (χ0v) is 24.8. The summed E-state index contributed by atoms with van der Waals surface area (Å²) >= 11 is 5.84. The minimum atomic E-state index is -1.12. The highest BCUT2D eigenvalue weighted by molar-refractivity contribution is 6.30. The molecule has 0 amide bonds. The first kappa shape index (κ1) is 32.0. The first-order valence-electron chi connectivity index (χ1n) is 13.4. The van der Waals surface area contributed by atoms with E-state index in [2.05, 4.69) is 6.58 Å². The van der Waals surface area contributed by atoms with E-state index in [1.165, 1.54) is 18.2 Å². The molecule has 0 aromatic heterocycles. The third-order valence-electron chi connectivity index (χ3n) is 6.14. The molecule has 0 radical (unpaired) electrons. The summed E-state index contributed by atoms with van der Waals surface area (Å²) in [6.45, 7) is 10.6. The van der Waals surface area contributed by atoms with E-state index in [4.69, 9.17) is 21.1 Å². The van der Waals surface area contributed by atoms with Gasteiger partial charge in [-0.2, -0.15) is 0 Å². The zero-order valence-electron chi connectivity index (χ0n) is 24.0. The number of benzene rings is 3. The minimum Gasteiger partial charge on any atom is -0.476 e. The Morgan fingerprint density at radius 3 is 1.98 bits per heavy atom. The topological polar surface area (TPSA) is 86.7 Å². The fourth-order valence-electron chi connectivity index (χ4n) is 4.01. The van der Waals surface area contributed by atoms with Gasteiger partial charge in [0.15, 0.2) is 23.0 Å². The summed E-state index contributed by atoms with van der Waals surface area (Å²) in [5, 5.41) is 0.579. The Hall–Kier alpha value is -4.55. The van der Waals surface area contributed by atoms with Crippen LogP contribution in [0.3, 0.4) is 0 Å². The number of ketones is 3. The normalized spacial score (nSPS) is 13.4. The summed E-state index contributed by atoms with van der Waals surface area (Å²) in [4.78, 5) is 47.6. The van der Waals surface area contributed by atoms with Gasteiger partial charge in [-0.25, -0.2) is 4.79 Å². The number of esters is 1. The fraction of sp³-hybridized carbons (Fsp3) is 0.200. The molecule has 0 spiro atoms. The molecule has 0 bridgehead atoms. The molecule has 42 heavy (non-hydrogen) atoms. The van der Waals surface area contributed by atoms with Crippen LogP contribution in [0.4, 0.5) is 0 Å².